The normalized spacial score (nSPS) is 18.6. The Labute approximate surface area is 137 Å². The minimum Gasteiger partial charge on any atom is -0.384 e. The van der Waals surface area contributed by atoms with E-state index < -0.39 is 0 Å². The Morgan fingerprint density at radius 2 is 1.65 bits per heavy atom. The predicted molar refractivity (Wildman–Crippen MR) is 88.8 cm³/mol. The van der Waals surface area contributed by atoms with E-state index in [2.05, 4.69) is 25.8 Å². The van der Waals surface area contributed by atoms with Crippen molar-refractivity contribution in [3.05, 3.63) is 12.4 Å². The summed E-state index contributed by atoms with van der Waals surface area (Å²) in [6.45, 7) is 5.77. The third-order valence-corrected chi connectivity index (χ3v) is 4.54. The van der Waals surface area contributed by atoms with Gasteiger partial charge in [0.05, 0.1) is 13.0 Å². The fraction of sp³-hybridized carbons (Fsp3) is 0.688. The lowest BCUT2D eigenvalue weighted by molar-refractivity contribution is -0.132. The Kier molecular flexibility index (Phi) is 5.27. The average Bonchev–Trinajstić information content (AvgIpc) is 3.14. The summed E-state index contributed by atoms with van der Waals surface area (Å²) in [7, 11) is 1.62. The van der Waals surface area contributed by atoms with Gasteiger partial charge in [-0.05, 0) is 12.8 Å². The van der Waals surface area contributed by atoms with Gasteiger partial charge in [0.1, 0.15) is 18.0 Å². The van der Waals surface area contributed by atoms with Crippen LogP contribution in [-0.4, -0.2) is 73.8 Å². The number of rotatable bonds is 5. The van der Waals surface area contributed by atoms with Crippen LogP contribution in [0.25, 0.3) is 0 Å². The molecule has 3 rings (SSSR count). The van der Waals surface area contributed by atoms with Crippen LogP contribution in [0.1, 0.15) is 19.3 Å². The maximum absolute atomic E-state index is 12.0. The number of piperazine rings is 1. The minimum absolute atomic E-state index is 0.173. The average molecular weight is 319 g/mol. The molecule has 1 aromatic heterocycles. The summed E-state index contributed by atoms with van der Waals surface area (Å²) in [5.41, 5.74) is 0. The topological polar surface area (TPSA) is 61.8 Å². The third-order valence-electron chi connectivity index (χ3n) is 4.54. The first-order valence-corrected chi connectivity index (χ1v) is 8.36. The molecule has 0 bridgehead atoms. The van der Waals surface area contributed by atoms with Crippen LogP contribution >= 0.6 is 0 Å². The van der Waals surface area contributed by atoms with E-state index in [-0.39, 0.29) is 5.91 Å². The lowest BCUT2D eigenvalue weighted by Crippen LogP contribution is -2.49. The van der Waals surface area contributed by atoms with Crippen LogP contribution < -0.4 is 9.80 Å². The van der Waals surface area contributed by atoms with Gasteiger partial charge in [0.25, 0.3) is 0 Å². The fourth-order valence-corrected chi connectivity index (χ4v) is 3.16. The highest BCUT2D eigenvalue weighted by atomic mass is 16.5. The van der Waals surface area contributed by atoms with Gasteiger partial charge in [0.15, 0.2) is 0 Å². The van der Waals surface area contributed by atoms with E-state index in [0.29, 0.717) is 13.0 Å². The van der Waals surface area contributed by atoms with Crippen molar-refractivity contribution in [3.8, 4) is 0 Å². The Hall–Kier alpha value is -1.89. The molecule has 7 nitrogen and oxygen atoms in total. The van der Waals surface area contributed by atoms with E-state index in [1.165, 1.54) is 12.8 Å². The summed E-state index contributed by atoms with van der Waals surface area (Å²) in [6.07, 6.45) is 4.59. The van der Waals surface area contributed by atoms with Crippen molar-refractivity contribution in [2.24, 2.45) is 0 Å². The van der Waals surface area contributed by atoms with Crippen molar-refractivity contribution >= 4 is 17.5 Å². The van der Waals surface area contributed by atoms with Crippen molar-refractivity contribution in [2.45, 2.75) is 19.3 Å². The van der Waals surface area contributed by atoms with E-state index in [1.54, 1.807) is 13.4 Å². The summed E-state index contributed by atoms with van der Waals surface area (Å²) in [5.74, 6) is 2.16. The standard InChI is InChI=1S/C16H25N5O2/c1-23-11-4-16(22)21-9-7-20(8-10-21)15-12-14(17-13-18-15)19-5-2-3-6-19/h12-13H,2-11H2,1H3. The number of carbonyl (C=O) groups is 1. The molecule has 126 valence electrons. The Balaban J connectivity index is 1.57. The Bertz CT molecular complexity index is 525. The smallest absolute Gasteiger partial charge is 0.225 e. The van der Waals surface area contributed by atoms with E-state index in [9.17, 15) is 4.79 Å². The summed E-state index contributed by atoms with van der Waals surface area (Å²) >= 11 is 0. The van der Waals surface area contributed by atoms with Gasteiger partial charge in [-0.2, -0.15) is 0 Å². The highest BCUT2D eigenvalue weighted by Gasteiger charge is 2.22. The van der Waals surface area contributed by atoms with Gasteiger partial charge in [0.2, 0.25) is 5.91 Å². The van der Waals surface area contributed by atoms with E-state index in [1.807, 2.05) is 4.90 Å². The van der Waals surface area contributed by atoms with Gasteiger partial charge in [-0.25, -0.2) is 9.97 Å². The molecule has 0 unspecified atom stereocenters. The lowest BCUT2D eigenvalue weighted by Gasteiger charge is -2.35. The van der Waals surface area contributed by atoms with Crippen molar-refractivity contribution in [2.75, 3.05) is 62.8 Å². The molecule has 1 aromatic rings. The zero-order chi connectivity index (χ0) is 16.1. The minimum atomic E-state index is 0.173. The maximum atomic E-state index is 12.0. The number of hydrogen-bond acceptors (Lipinski definition) is 6. The molecule has 2 aliphatic rings. The molecule has 0 radical (unpaired) electrons. The van der Waals surface area contributed by atoms with Crippen molar-refractivity contribution in [3.63, 3.8) is 0 Å². The molecule has 23 heavy (non-hydrogen) atoms. The molecule has 2 saturated heterocycles. The summed E-state index contributed by atoms with van der Waals surface area (Å²) < 4.78 is 4.98. The van der Waals surface area contributed by atoms with Gasteiger partial charge in [-0.15, -0.1) is 0 Å². The van der Waals surface area contributed by atoms with E-state index in [0.717, 1.165) is 50.9 Å². The molecule has 0 spiro atoms. The molecule has 7 heteroatoms. The quantitative estimate of drug-likeness (QED) is 0.798. The van der Waals surface area contributed by atoms with Crippen LogP contribution in [-0.2, 0) is 9.53 Å². The fourth-order valence-electron chi connectivity index (χ4n) is 3.16. The molecule has 0 N–H and O–H groups in total. The molecule has 1 amide bonds. The first-order chi connectivity index (χ1) is 11.3. The number of hydrogen-bond donors (Lipinski definition) is 0. The number of methoxy groups -OCH3 is 1. The van der Waals surface area contributed by atoms with Crippen molar-refractivity contribution in [1.82, 2.24) is 14.9 Å². The second-order valence-corrected chi connectivity index (χ2v) is 6.04. The molecule has 0 saturated carbocycles. The molecule has 2 fully saturated rings. The Morgan fingerprint density at radius 1 is 1.04 bits per heavy atom. The van der Waals surface area contributed by atoms with Gasteiger partial charge < -0.3 is 19.4 Å². The van der Waals surface area contributed by atoms with Crippen molar-refractivity contribution < 1.29 is 9.53 Å². The molecule has 0 aromatic carbocycles. The van der Waals surface area contributed by atoms with Gasteiger partial charge in [0, 0.05) is 52.4 Å². The monoisotopic (exact) mass is 319 g/mol. The van der Waals surface area contributed by atoms with E-state index >= 15 is 0 Å². The zero-order valence-corrected chi connectivity index (χ0v) is 13.8. The van der Waals surface area contributed by atoms with Crippen molar-refractivity contribution in [1.29, 1.82) is 0 Å². The number of aromatic nitrogens is 2. The predicted octanol–water partition coefficient (Wildman–Crippen LogP) is 0.762. The SMILES string of the molecule is COCCC(=O)N1CCN(c2cc(N3CCCC3)ncn2)CC1. The van der Waals surface area contributed by atoms with Gasteiger partial charge >= 0.3 is 0 Å². The summed E-state index contributed by atoms with van der Waals surface area (Å²) in [5, 5.41) is 0. The Morgan fingerprint density at radius 3 is 2.26 bits per heavy atom. The largest absolute Gasteiger partial charge is 0.384 e. The zero-order valence-electron chi connectivity index (χ0n) is 13.8. The molecule has 0 atom stereocenters. The lowest BCUT2D eigenvalue weighted by atomic mass is 10.2. The van der Waals surface area contributed by atoms with Crippen LogP contribution in [0.15, 0.2) is 12.4 Å². The molecule has 2 aliphatic heterocycles. The summed E-state index contributed by atoms with van der Waals surface area (Å²) in [6, 6.07) is 2.08. The number of anilines is 2. The highest BCUT2D eigenvalue weighted by Crippen LogP contribution is 2.22. The number of amides is 1. The molecular formula is C16H25N5O2. The molecular weight excluding hydrogens is 294 g/mol. The van der Waals surface area contributed by atoms with Gasteiger partial charge in [-0.1, -0.05) is 0 Å². The van der Waals surface area contributed by atoms with Crippen LogP contribution in [0.5, 0.6) is 0 Å². The molecule has 0 aliphatic carbocycles. The van der Waals surface area contributed by atoms with Crippen LogP contribution in [0.3, 0.4) is 0 Å². The molecule has 3 heterocycles. The first-order valence-electron chi connectivity index (χ1n) is 8.36. The maximum Gasteiger partial charge on any atom is 0.225 e. The second kappa shape index (κ2) is 7.59. The van der Waals surface area contributed by atoms with Crippen LogP contribution in [0.2, 0.25) is 0 Å². The second-order valence-electron chi connectivity index (χ2n) is 6.04. The summed E-state index contributed by atoms with van der Waals surface area (Å²) in [4.78, 5) is 27.3. The highest BCUT2D eigenvalue weighted by molar-refractivity contribution is 5.76. The van der Waals surface area contributed by atoms with Gasteiger partial charge in [-0.3, -0.25) is 4.79 Å². The number of nitrogens with zero attached hydrogens (tertiary/aromatic N) is 5. The third kappa shape index (κ3) is 3.90. The van der Waals surface area contributed by atoms with Crippen LogP contribution in [0.4, 0.5) is 11.6 Å². The van der Waals surface area contributed by atoms with Crippen LogP contribution in [0, 0.1) is 0 Å². The number of ether oxygens (including phenoxy) is 1. The number of carbonyl (C=O) groups excluding carboxylic acids is 1. The van der Waals surface area contributed by atoms with E-state index in [4.69, 9.17) is 4.74 Å². The first kappa shape index (κ1) is 16.0.